The number of rotatable bonds is 7. The summed E-state index contributed by atoms with van der Waals surface area (Å²) in [5.41, 5.74) is -1.18. The molecule has 1 fully saturated rings. The molecule has 1 saturated heterocycles. The van der Waals surface area contributed by atoms with Gasteiger partial charge in [0.1, 0.15) is 5.54 Å². The number of hydrogen-bond acceptors (Lipinski definition) is 6. The number of ether oxygens (including phenoxy) is 1. The fraction of sp³-hybridized carbons (Fsp3) is 0.346. The number of aromatic nitrogens is 1. The Bertz CT molecular complexity index is 1310. The van der Waals surface area contributed by atoms with Gasteiger partial charge in [0.05, 0.1) is 29.5 Å². The quantitative estimate of drug-likeness (QED) is 0.391. The normalized spacial score (nSPS) is 17.1. The van der Waals surface area contributed by atoms with Crippen LogP contribution in [0.3, 0.4) is 0 Å². The van der Waals surface area contributed by atoms with Gasteiger partial charge in [-0.25, -0.2) is 14.7 Å². The number of nitriles is 1. The number of allylic oxidation sites excluding steroid dienone is 1. The molecule has 1 aromatic heterocycles. The van der Waals surface area contributed by atoms with Gasteiger partial charge in [0.2, 0.25) is 5.88 Å². The van der Waals surface area contributed by atoms with Gasteiger partial charge in [0, 0.05) is 31.6 Å². The van der Waals surface area contributed by atoms with Crippen LogP contribution in [0, 0.1) is 11.3 Å². The molecule has 4 rings (SSSR count). The first-order valence-electron chi connectivity index (χ1n) is 11.6. The van der Waals surface area contributed by atoms with Gasteiger partial charge in [0.25, 0.3) is 5.91 Å². The Hall–Kier alpha value is -4.20. The minimum absolute atomic E-state index is 0.140. The van der Waals surface area contributed by atoms with E-state index in [1.165, 1.54) is 24.8 Å². The van der Waals surface area contributed by atoms with E-state index in [0.29, 0.717) is 18.4 Å². The molecule has 0 atom stereocenters. The monoisotopic (exact) mass is 511 g/mol. The number of benzene rings is 1. The number of pyridine rings is 1. The third-order valence-corrected chi connectivity index (χ3v) is 6.29. The molecule has 192 valence electrons. The first-order valence-corrected chi connectivity index (χ1v) is 11.6. The summed E-state index contributed by atoms with van der Waals surface area (Å²) in [4.78, 5) is 36.7. The number of nitrogens with zero attached hydrogens (tertiary/aromatic N) is 5. The average molecular weight is 512 g/mol. The molecular weight excluding hydrogens is 487 g/mol. The number of anilines is 1. The zero-order chi connectivity index (χ0) is 26.8. The summed E-state index contributed by atoms with van der Waals surface area (Å²) in [6.45, 7) is 4.16. The molecule has 11 heteroatoms. The number of imide groups is 1. The van der Waals surface area contributed by atoms with E-state index in [4.69, 9.17) is 10.00 Å². The van der Waals surface area contributed by atoms with Crippen molar-refractivity contribution >= 4 is 29.4 Å². The molecule has 3 heterocycles. The lowest BCUT2D eigenvalue weighted by atomic mass is 10.0. The smallest absolute Gasteiger partial charge is 0.417 e. The van der Waals surface area contributed by atoms with Crippen molar-refractivity contribution in [2.75, 3.05) is 24.6 Å². The maximum absolute atomic E-state index is 13.4. The number of amides is 3. The molecule has 0 bridgehead atoms. The van der Waals surface area contributed by atoms with Gasteiger partial charge in [-0.1, -0.05) is 0 Å². The van der Waals surface area contributed by atoms with E-state index >= 15 is 0 Å². The predicted octanol–water partition coefficient (Wildman–Crippen LogP) is 4.85. The first-order chi connectivity index (χ1) is 17.5. The number of alkyl halides is 3. The molecule has 0 saturated carbocycles. The lowest BCUT2D eigenvalue weighted by Gasteiger charge is -2.27. The number of hydrogen-bond donors (Lipinski definition) is 0. The Morgan fingerprint density at radius 3 is 2.59 bits per heavy atom. The topological polar surface area (TPSA) is 98.9 Å². The van der Waals surface area contributed by atoms with Crippen LogP contribution in [0.4, 0.5) is 23.7 Å². The Balaban J connectivity index is 1.41. The van der Waals surface area contributed by atoms with Gasteiger partial charge >= 0.3 is 12.2 Å². The van der Waals surface area contributed by atoms with E-state index in [-0.39, 0.29) is 18.8 Å². The van der Waals surface area contributed by atoms with Crippen LogP contribution < -0.4 is 9.64 Å². The SMILES string of the molecule is CC1(C)C(=O)N(c2ccc(C#N)c(C(F)(F)F)c2)C(=O)N1CCCOc1ccc(C2=CC=NCC2)cn1. The van der Waals surface area contributed by atoms with E-state index in [1.807, 2.05) is 12.1 Å². The van der Waals surface area contributed by atoms with Crippen molar-refractivity contribution in [2.45, 2.75) is 38.4 Å². The van der Waals surface area contributed by atoms with E-state index < -0.39 is 34.8 Å². The zero-order valence-electron chi connectivity index (χ0n) is 20.2. The Morgan fingerprint density at radius 1 is 1.19 bits per heavy atom. The zero-order valence-corrected chi connectivity index (χ0v) is 20.2. The molecule has 8 nitrogen and oxygen atoms in total. The number of aliphatic imine (C=N–C) groups is 1. The standard InChI is InChI=1S/C26H24F3N5O3/c1-25(2)23(35)34(20-6-4-18(15-30)21(14-20)26(27,28)29)24(36)33(25)12-3-13-37-22-7-5-19(16-32-22)17-8-10-31-11-9-17/h4-8,10,14,16H,3,9,11-13H2,1-2H3. The molecule has 2 aliphatic heterocycles. The van der Waals surface area contributed by atoms with Gasteiger partial charge in [0.15, 0.2) is 0 Å². The highest BCUT2D eigenvalue weighted by molar-refractivity contribution is 6.23. The molecule has 37 heavy (non-hydrogen) atoms. The third kappa shape index (κ3) is 5.18. The highest BCUT2D eigenvalue weighted by Gasteiger charge is 2.52. The minimum Gasteiger partial charge on any atom is -0.478 e. The van der Waals surface area contributed by atoms with Crippen LogP contribution in [0.25, 0.3) is 5.57 Å². The maximum Gasteiger partial charge on any atom is 0.417 e. The Kier molecular flexibility index (Phi) is 7.03. The predicted molar refractivity (Wildman–Crippen MR) is 130 cm³/mol. The maximum atomic E-state index is 13.4. The number of carbonyl (C=O) groups excluding carboxylic acids is 2. The van der Waals surface area contributed by atoms with Gasteiger partial charge in [-0.05, 0) is 68.2 Å². The van der Waals surface area contributed by atoms with Crippen LogP contribution in [0.5, 0.6) is 5.88 Å². The van der Waals surface area contributed by atoms with Crippen molar-refractivity contribution < 1.29 is 27.5 Å². The first kappa shape index (κ1) is 25.9. The molecule has 3 amide bonds. The summed E-state index contributed by atoms with van der Waals surface area (Å²) in [7, 11) is 0. The lowest BCUT2D eigenvalue weighted by Crippen LogP contribution is -2.44. The van der Waals surface area contributed by atoms with Gasteiger partial charge in [-0.2, -0.15) is 18.4 Å². The van der Waals surface area contributed by atoms with Crippen molar-refractivity contribution in [2.24, 2.45) is 4.99 Å². The van der Waals surface area contributed by atoms with Crippen molar-refractivity contribution in [3.8, 4) is 11.9 Å². The van der Waals surface area contributed by atoms with Crippen LogP contribution in [-0.2, 0) is 11.0 Å². The molecular formula is C26H24F3N5O3. The Morgan fingerprint density at radius 2 is 1.97 bits per heavy atom. The third-order valence-electron chi connectivity index (χ3n) is 6.29. The highest BCUT2D eigenvalue weighted by atomic mass is 19.4. The van der Waals surface area contributed by atoms with Crippen LogP contribution >= 0.6 is 0 Å². The molecule has 2 aromatic rings. The summed E-state index contributed by atoms with van der Waals surface area (Å²) >= 11 is 0. The number of halogens is 3. The summed E-state index contributed by atoms with van der Waals surface area (Å²) < 4.78 is 45.9. The van der Waals surface area contributed by atoms with Gasteiger partial charge < -0.3 is 9.64 Å². The van der Waals surface area contributed by atoms with Crippen molar-refractivity contribution in [1.29, 1.82) is 5.26 Å². The second-order valence-electron chi connectivity index (χ2n) is 9.06. The molecule has 0 spiro atoms. The second-order valence-corrected chi connectivity index (χ2v) is 9.06. The largest absolute Gasteiger partial charge is 0.478 e. The van der Waals surface area contributed by atoms with Crippen molar-refractivity contribution in [1.82, 2.24) is 9.88 Å². The highest BCUT2D eigenvalue weighted by Crippen LogP contribution is 2.37. The van der Waals surface area contributed by atoms with E-state index in [9.17, 15) is 22.8 Å². The van der Waals surface area contributed by atoms with E-state index in [1.54, 1.807) is 18.5 Å². The number of urea groups is 1. The lowest BCUT2D eigenvalue weighted by molar-refractivity contribution is -0.137. The van der Waals surface area contributed by atoms with Crippen LogP contribution in [0.15, 0.2) is 47.6 Å². The van der Waals surface area contributed by atoms with Crippen molar-refractivity contribution in [3.63, 3.8) is 0 Å². The van der Waals surface area contributed by atoms with E-state index in [2.05, 4.69) is 9.98 Å². The summed E-state index contributed by atoms with van der Waals surface area (Å²) in [6, 6.07) is 7.19. The minimum atomic E-state index is -4.81. The average Bonchev–Trinajstić information content (AvgIpc) is 3.05. The number of carbonyl (C=O) groups is 2. The molecule has 0 radical (unpaired) electrons. The summed E-state index contributed by atoms with van der Waals surface area (Å²) in [5.74, 6) is -0.244. The van der Waals surface area contributed by atoms with Gasteiger partial charge in [-0.3, -0.25) is 9.79 Å². The molecule has 0 aliphatic carbocycles. The van der Waals surface area contributed by atoms with Crippen molar-refractivity contribution in [3.05, 3.63) is 59.3 Å². The van der Waals surface area contributed by atoms with Crippen LogP contribution in [0.1, 0.15) is 43.4 Å². The molecule has 0 unspecified atom stereocenters. The Labute approximate surface area is 211 Å². The fourth-order valence-electron chi connectivity index (χ4n) is 4.22. The molecule has 0 N–H and O–H groups in total. The summed E-state index contributed by atoms with van der Waals surface area (Å²) in [6.07, 6.45) is 1.83. The number of dihydropyridines is 1. The fourth-order valence-corrected chi connectivity index (χ4v) is 4.22. The molecule has 1 aromatic carbocycles. The molecule has 2 aliphatic rings. The van der Waals surface area contributed by atoms with E-state index in [0.717, 1.165) is 41.1 Å². The van der Waals surface area contributed by atoms with Crippen LogP contribution in [-0.4, -0.2) is 53.3 Å². The second kappa shape index (κ2) is 10.0. The van der Waals surface area contributed by atoms with Crippen LogP contribution in [0.2, 0.25) is 0 Å². The summed E-state index contributed by atoms with van der Waals surface area (Å²) in [5, 5.41) is 9.01. The van der Waals surface area contributed by atoms with Gasteiger partial charge in [-0.15, -0.1) is 0 Å².